The van der Waals surface area contributed by atoms with Gasteiger partial charge in [0.15, 0.2) is 0 Å². The number of anilines is 1. The molecule has 1 aromatic rings. The van der Waals surface area contributed by atoms with Gasteiger partial charge in [-0.15, -0.1) is 0 Å². The van der Waals surface area contributed by atoms with Crippen molar-refractivity contribution in [2.75, 3.05) is 5.32 Å². The van der Waals surface area contributed by atoms with Crippen LogP contribution in [-0.4, -0.2) is 23.1 Å². The summed E-state index contributed by atoms with van der Waals surface area (Å²) in [5.74, 6) is -0.580. The number of hydrogen-bond acceptors (Lipinski definition) is 2. The van der Waals surface area contributed by atoms with Gasteiger partial charge in [-0.1, -0.05) is 12.1 Å². The van der Waals surface area contributed by atoms with E-state index in [1.54, 1.807) is 0 Å². The Morgan fingerprint density at radius 2 is 2.05 bits per heavy atom. The van der Waals surface area contributed by atoms with Gasteiger partial charge in [0.25, 0.3) is 0 Å². The molecular weight excluding hydrogens is 359 g/mol. The summed E-state index contributed by atoms with van der Waals surface area (Å²) in [6.45, 7) is 0. The van der Waals surface area contributed by atoms with Crippen molar-refractivity contribution in [2.45, 2.75) is 25.3 Å². The molecule has 6 heteroatoms. The third-order valence-corrected chi connectivity index (χ3v) is 3.96. The largest absolute Gasteiger partial charge is 0.481 e. The lowest BCUT2D eigenvalue weighted by Crippen LogP contribution is -2.40. The van der Waals surface area contributed by atoms with Gasteiger partial charge in [0.1, 0.15) is 0 Å². The Bertz CT molecular complexity index is 489. The molecule has 102 valence electrons. The Balaban J connectivity index is 1.92. The standard InChI is InChI=1S/C13H15IN2O3/c14-9-3-1-2-4-10(9)15-13(19)16-11(7-12(17)18)8-5-6-8/h1-4,8,11H,5-7H2,(H,17,18)(H2,15,16,19). The van der Waals surface area contributed by atoms with Crippen molar-refractivity contribution in [2.24, 2.45) is 5.92 Å². The van der Waals surface area contributed by atoms with Gasteiger partial charge in [-0.25, -0.2) is 4.79 Å². The molecule has 0 bridgehead atoms. The second kappa shape index (κ2) is 6.23. The van der Waals surface area contributed by atoms with Gasteiger partial charge in [-0.05, 0) is 53.5 Å². The van der Waals surface area contributed by atoms with Gasteiger partial charge in [0, 0.05) is 9.61 Å². The van der Waals surface area contributed by atoms with Crippen molar-refractivity contribution in [1.82, 2.24) is 5.32 Å². The number of benzene rings is 1. The maximum Gasteiger partial charge on any atom is 0.319 e. The van der Waals surface area contributed by atoms with E-state index in [9.17, 15) is 9.59 Å². The molecule has 1 saturated carbocycles. The normalized spacial score (nSPS) is 15.6. The van der Waals surface area contributed by atoms with E-state index >= 15 is 0 Å². The average molecular weight is 374 g/mol. The molecule has 1 aliphatic rings. The van der Waals surface area contributed by atoms with Crippen LogP contribution in [0.3, 0.4) is 0 Å². The summed E-state index contributed by atoms with van der Waals surface area (Å²) in [7, 11) is 0. The van der Waals surface area contributed by atoms with Crippen LogP contribution in [0.5, 0.6) is 0 Å². The molecule has 3 N–H and O–H groups in total. The summed E-state index contributed by atoms with van der Waals surface area (Å²) in [4.78, 5) is 22.6. The van der Waals surface area contributed by atoms with Crippen LogP contribution in [-0.2, 0) is 4.79 Å². The predicted molar refractivity (Wildman–Crippen MR) is 80.1 cm³/mol. The third kappa shape index (κ3) is 4.38. The lowest BCUT2D eigenvalue weighted by atomic mass is 10.1. The number of amides is 2. The smallest absolute Gasteiger partial charge is 0.319 e. The van der Waals surface area contributed by atoms with E-state index in [1.807, 2.05) is 24.3 Å². The van der Waals surface area contributed by atoms with Crippen LogP contribution in [0.1, 0.15) is 19.3 Å². The van der Waals surface area contributed by atoms with Crippen LogP contribution in [0.15, 0.2) is 24.3 Å². The highest BCUT2D eigenvalue weighted by Gasteiger charge is 2.33. The molecule has 0 aliphatic heterocycles. The van der Waals surface area contributed by atoms with Crippen LogP contribution in [0, 0.1) is 9.49 Å². The number of hydrogen-bond donors (Lipinski definition) is 3. The van der Waals surface area contributed by atoms with Crippen LogP contribution >= 0.6 is 22.6 Å². The maximum absolute atomic E-state index is 11.9. The first kappa shape index (κ1) is 14.1. The summed E-state index contributed by atoms with van der Waals surface area (Å²) in [5.41, 5.74) is 0.727. The zero-order valence-corrected chi connectivity index (χ0v) is 12.4. The van der Waals surface area contributed by atoms with Gasteiger partial charge in [0.05, 0.1) is 12.1 Å². The summed E-state index contributed by atoms with van der Waals surface area (Å²) >= 11 is 2.14. The molecule has 1 atom stereocenters. The monoisotopic (exact) mass is 374 g/mol. The fourth-order valence-electron chi connectivity index (χ4n) is 1.91. The minimum absolute atomic E-state index is 0.0238. The van der Waals surface area contributed by atoms with Crippen LogP contribution < -0.4 is 10.6 Å². The van der Waals surface area contributed by atoms with Gasteiger partial charge in [-0.2, -0.15) is 0 Å². The summed E-state index contributed by atoms with van der Waals surface area (Å²) < 4.78 is 0.941. The second-order valence-corrected chi connectivity index (χ2v) is 5.78. The van der Waals surface area contributed by atoms with Gasteiger partial charge >= 0.3 is 12.0 Å². The van der Waals surface area contributed by atoms with E-state index < -0.39 is 5.97 Å². The first-order valence-corrected chi connectivity index (χ1v) is 7.18. The topological polar surface area (TPSA) is 78.4 Å². The Labute approximate surface area is 124 Å². The average Bonchev–Trinajstić information content (AvgIpc) is 3.14. The Morgan fingerprint density at radius 1 is 1.37 bits per heavy atom. The fraction of sp³-hybridized carbons (Fsp3) is 0.385. The number of nitrogens with one attached hydrogen (secondary N) is 2. The molecule has 5 nitrogen and oxygen atoms in total. The number of carbonyl (C=O) groups excluding carboxylic acids is 1. The highest BCUT2D eigenvalue weighted by atomic mass is 127. The number of carbonyl (C=O) groups is 2. The Kier molecular flexibility index (Phi) is 4.62. The molecule has 1 unspecified atom stereocenters. The molecule has 0 heterocycles. The third-order valence-electron chi connectivity index (χ3n) is 3.02. The van der Waals surface area contributed by atoms with E-state index in [-0.39, 0.29) is 18.5 Å². The summed E-state index contributed by atoms with van der Waals surface area (Å²) in [5, 5.41) is 14.3. The quantitative estimate of drug-likeness (QED) is 0.694. The van der Waals surface area contributed by atoms with Crippen LogP contribution in [0.25, 0.3) is 0 Å². The molecule has 2 amide bonds. The van der Waals surface area contributed by atoms with Crippen molar-refractivity contribution in [1.29, 1.82) is 0 Å². The van der Waals surface area contributed by atoms with E-state index in [2.05, 4.69) is 33.2 Å². The first-order valence-electron chi connectivity index (χ1n) is 6.10. The lowest BCUT2D eigenvalue weighted by Gasteiger charge is -2.17. The molecule has 0 saturated heterocycles. The molecule has 1 aromatic carbocycles. The number of carboxylic acid groups (broad SMARTS) is 1. The van der Waals surface area contributed by atoms with Crippen molar-refractivity contribution in [3.63, 3.8) is 0 Å². The SMILES string of the molecule is O=C(O)CC(NC(=O)Nc1ccccc1I)C1CC1. The Morgan fingerprint density at radius 3 is 2.63 bits per heavy atom. The zero-order chi connectivity index (χ0) is 13.8. The molecule has 0 spiro atoms. The molecule has 0 radical (unpaired) electrons. The van der Waals surface area contributed by atoms with Gasteiger partial charge in [-0.3, -0.25) is 4.79 Å². The molecule has 19 heavy (non-hydrogen) atoms. The highest BCUT2D eigenvalue weighted by Crippen LogP contribution is 2.34. The summed E-state index contributed by atoms with van der Waals surface area (Å²) in [6, 6.07) is 6.81. The number of aliphatic carboxylic acids is 1. The van der Waals surface area contributed by atoms with E-state index in [0.717, 1.165) is 22.1 Å². The minimum atomic E-state index is -0.883. The number of urea groups is 1. The molecule has 2 rings (SSSR count). The highest BCUT2D eigenvalue weighted by molar-refractivity contribution is 14.1. The number of carboxylic acids is 1. The molecule has 1 fully saturated rings. The van der Waals surface area contributed by atoms with Crippen molar-refractivity contribution < 1.29 is 14.7 Å². The predicted octanol–water partition coefficient (Wildman–Crippen LogP) is 2.67. The van der Waals surface area contributed by atoms with Gasteiger partial charge in [0.2, 0.25) is 0 Å². The van der Waals surface area contributed by atoms with E-state index in [0.29, 0.717) is 5.92 Å². The van der Waals surface area contributed by atoms with Crippen molar-refractivity contribution in [3.8, 4) is 0 Å². The fourth-order valence-corrected chi connectivity index (χ4v) is 2.43. The van der Waals surface area contributed by atoms with Crippen LogP contribution in [0.4, 0.5) is 10.5 Å². The first-order chi connectivity index (χ1) is 9.06. The molecule has 1 aliphatic carbocycles. The van der Waals surface area contributed by atoms with Gasteiger partial charge < -0.3 is 15.7 Å². The van der Waals surface area contributed by atoms with Crippen LogP contribution in [0.2, 0.25) is 0 Å². The summed E-state index contributed by atoms with van der Waals surface area (Å²) in [6.07, 6.45) is 1.95. The minimum Gasteiger partial charge on any atom is -0.481 e. The Hall–Kier alpha value is -1.31. The zero-order valence-electron chi connectivity index (χ0n) is 10.2. The van der Waals surface area contributed by atoms with Crippen molar-refractivity contribution in [3.05, 3.63) is 27.8 Å². The molecular formula is C13H15IN2O3. The number of halogens is 1. The van der Waals surface area contributed by atoms with E-state index in [4.69, 9.17) is 5.11 Å². The van der Waals surface area contributed by atoms with E-state index in [1.165, 1.54) is 0 Å². The molecule has 0 aromatic heterocycles. The van der Waals surface area contributed by atoms with Crippen molar-refractivity contribution >= 4 is 40.3 Å². The lowest BCUT2D eigenvalue weighted by molar-refractivity contribution is -0.137. The number of para-hydroxylation sites is 1. The second-order valence-electron chi connectivity index (χ2n) is 4.62. The maximum atomic E-state index is 11.9. The number of rotatable bonds is 5.